The Morgan fingerprint density at radius 1 is 0.814 bits per heavy atom. The second kappa shape index (κ2) is 15.3. The first-order valence-corrected chi connectivity index (χ1v) is 14.6. The number of ether oxygens (including phenoxy) is 4. The van der Waals surface area contributed by atoms with Crippen LogP contribution in [-0.4, -0.2) is 57.7 Å². The largest absolute Gasteiger partial charge is 0.465 e. The monoisotopic (exact) mass is 595 g/mol. The summed E-state index contributed by atoms with van der Waals surface area (Å²) in [6.45, 7) is 12.0. The highest BCUT2D eigenvalue weighted by Crippen LogP contribution is 2.27. The number of aryl methyl sites for hydroxylation is 1. The number of esters is 4. The average Bonchev–Trinajstić information content (AvgIpc) is 3.37. The van der Waals surface area contributed by atoms with E-state index in [1.807, 2.05) is 43.3 Å². The maximum atomic E-state index is 12.8. The summed E-state index contributed by atoms with van der Waals surface area (Å²) in [5.41, 5.74) is 2.90. The summed E-state index contributed by atoms with van der Waals surface area (Å²) in [5.74, 6) is -4.22. The standard InChI is InChI=1S/C32H41N3O8/c1-19(2)41-31(38)23(7)24(32(39)42-20(3)4)18-22(6)30(37)40-16-10-13-29(36)43-28-15-14-21(5)17-27(28)35-33-25-11-8-9-12-26(25)34-35/h8-9,11-12,14-15,17,19-20,22-24H,10,13,16,18H2,1-7H3. The van der Waals surface area contributed by atoms with E-state index in [2.05, 4.69) is 10.2 Å². The predicted octanol–water partition coefficient (Wildman–Crippen LogP) is 5.14. The minimum atomic E-state index is -0.878. The molecule has 0 aliphatic rings. The molecule has 0 saturated heterocycles. The summed E-state index contributed by atoms with van der Waals surface area (Å²) in [6.07, 6.45) is -0.432. The fourth-order valence-corrected chi connectivity index (χ4v) is 4.35. The Morgan fingerprint density at radius 2 is 1.42 bits per heavy atom. The zero-order valence-corrected chi connectivity index (χ0v) is 25.9. The maximum Gasteiger partial charge on any atom is 0.311 e. The van der Waals surface area contributed by atoms with Crippen molar-refractivity contribution < 1.29 is 38.1 Å². The first kappa shape index (κ1) is 33.2. The molecule has 3 unspecified atom stereocenters. The quantitative estimate of drug-likeness (QED) is 0.107. The van der Waals surface area contributed by atoms with Gasteiger partial charge in [0, 0.05) is 6.42 Å². The van der Waals surface area contributed by atoms with Crippen LogP contribution in [0, 0.1) is 24.7 Å². The Kier molecular flexibility index (Phi) is 11.8. The molecule has 0 spiro atoms. The van der Waals surface area contributed by atoms with E-state index >= 15 is 0 Å². The van der Waals surface area contributed by atoms with Crippen LogP contribution in [0.15, 0.2) is 42.5 Å². The van der Waals surface area contributed by atoms with Gasteiger partial charge in [-0.25, -0.2) is 0 Å². The lowest BCUT2D eigenvalue weighted by molar-refractivity contribution is -0.166. The first-order valence-electron chi connectivity index (χ1n) is 14.6. The van der Waals surface area contributed by atoms with E-state index < -0.39 is 41.6 Å². The highest BCUT2D eigenvalue weighted by atomic mass is 16.6. The molecule has 3 aromatic rings. The molecule has 0 radical (unpaired) electrons. The number of rotatable bonds is 14. The number of carbonyl (C=O) groups is 4. The van der Waals surface area contributed by atoms with Crippen molar-refractivity contribution in [2.24, 2.45) is 17.8 Å². The van der Waals surface area contributed by atoms with Crippen molar-refractivity contribution in [3.8, 4) is 11.4 Å². The van der Waals surface area contributed by atoms with Crippen molar-refractivity contribution in [1.82, 2.24) is 15.0 Å². The van der Waals surface area contributed by atoms with Crippen LogP contribution in [0.5, 0.6) is 5.75 Å². The van der Waals surface area contributed by atoms with Gasteiger partial charge in [-0.15, -0.1) is 15.0 Å². The van der Waals surface area contributed by atoms with Crippen LogP contribution in [0.3, 0.4) is 0 Å². The second-order valence-electron chi connectivity index (χ2n) is 11.2. The van der Waals surface area contributed by atoms with Crippen molar-refractivity contribution in [2.75, 3.05) is 6.61 Å². The summed E-state index contributed by atoms with van der Waals surface area (Å²) in [6, 6.07) is 12.8. The molecule has 0 amide bonds. The van der Waals surface area contributed by atoms with Gasteiger partial charge >= 0.3 is 23.9 Å². The summed E-state index contributed by atoms with van der Waals surface area (Å²) < 4.78 is 21.6. The number of hydrogen-bond acceptors (Lipinski definition) is 10. The highest BCUT2D eigenvalue weighted by Gasteiger charge is 2.36. The summed E-state index contributed by atoms with van der Waals surface area (Å²) in [4.78, 5) is 52.1. The summed E-state index contributed by atoms with van der Waals surface area (Å²) in [5, 5.41) is 8.97. The van der Waals surface area contributed by atoms with E-state index in [9.17, 15) is 19.2 Å². The minimum Gasteiger partial charge on any atom is -0.465 e. The third-order valence-electron chi connectivity index (χ3n) is 6.60. The Morgan fingerprint density at radius 3 is 2.02 bits per heavy atom. The molecule has 1 heterocycles. The van der Waals surface area contributed by atoms with Crippen LogP contribution in [0.2, 0.25) is 0 Å². The first-order chi connectivity index (χ1) is 20.3. The molecule has 3 atom stereocenters. The van der Waals surface area contributed by atoms with Crippen molar-refractivity contribution in [1.29, 1.82) is 0 Å². The Hall–Kier alpha value is -4.28. The van der Waals surface area contributed by atoms with Crippen LogP contribution >= 0.6 is 0 Å². The molecule has 11 nitrogen and oxygen atoms in total. The van der Waals surface area contributed by atoms with Crippen molar-refractivity contribution in [3.63, 3.8) is 0 Å². The third kappa shape index (κ3) is 9.62. The number of benzene rings is 2. The number of carbonyl (C=O) groups excluding carboxylic acids is 4. The molecule has 1 aromatic heterocycles. The molecule has 43 heavy (non-hydrogen) atoms. The summed E-state index contributed by atoms with van der Waals surface area (Å²) >= 11 is 0. The van der Waals surface area contributed by atoms with Gasteiger partial charge < -0.3 is 18.9 Å². The Bertz CT molecular complexity index is 1400. The normalized spacial score (nSPS) is 13.4. The van der Waals surface area contributed by atoms with Crippen molar-refractivity contribution in [3.05, 3.63) is 48.0 Å². The van der Waals surface area contributed by atoms with Gasteiger partial charge in [-0.05, 0) is 77.3 Å². The molecule has 11 heteroatoms. The number of aromatic nitrogens is 3. The number of fused-ring (bicyclic) bond motifs is 1. The van der Waals surface area contributed by atoms with Crippen LogP contribution in [-0.2, 0) is 33.4 Å². The van der Waals surface area contributed by atoms with Crippen molar-refractivity contribution in [2.45, 2.75) is 79.9 Å². The van der Waals surface area contributed by atoms with E-state index in [1.165, 1.54) is 4.80 Å². The zero-order valence-electron chi connectivity index (χ0n) is 25.9. The lowest BCUT2D eigenvalue weighted by Crippen LogP contribution is -2.35. The number of hydrogen-bond donors (Lipinski definition) is 0. The third-order valence-corrected chi connectivity index (χ3v) is 6.60. The molecule has 2 aromatic carbocycles. The Balaban J connectivity index is 1.54. The van der Waals surface area contributed by atoms with Gasteiger partial charge in [0.2, 0.25) is 0 Å². The predicted molar refractivity (Wildman–Crippen MR) is 158 cm³/mol. The molecular formula is C32H41N3O8. The highest BCUT2D eigenvalue weighted by molar-refractivity contribution is 5.83. The molecule has 3 rings (SSSR count). The fraction of sp³-hybridized carbons (Fsp3) is 0.500. The van der Waals surface area contributed by atoms with E-state index in [0.717, 1.165) is 5.56 Å². The lowest BCUT2D eigenvalue weighted by Gasteiger charge is -2.25. The molecule has 0 aliphatic carbocycles. The molecule has 0 fully saturated rings. The zero-order chi connectivity index (χ0) is 31.7. The molecule has 0 bridgehead atoms. The number of nitrogens with zero attached hydrogens (tertiary/aromatic N) is 3. The molecular weight excluding hydrogens is 554 g/mol. The van der Waals surface area contributed by atoms with Gasteiger partial charge in [0.05, 0.1) is 36.6 Å². The lowest BCUT2D eigenvalue weighted by atomic mass is 9.85. The van der Waals surface area contributed by atoms with Gasteiger partial charge in [-0.1, -0.05) is 32.0 Å². The molecule has 0 aliphatic heterocycles. The second-order valence-corrected chi connectivity index (χ2v) is 11.2. The minimum absolute atomic E-state index is 0.00487. The molecule has 0 saturated carbocycles. The van der Waals surface area contributed by atoms with Crippen molar-refractivity contribution >= 4 is 34.9 Å². The maximum absolute atomic E-state index is 12.8. The fourth-order valence-electron chi connectivity index (χ4n) is 4.35. The van der Waals surface area contributed by atoms with Gasteiger partial charge in [0.25, 0.3) is 0 Å². The van der Waals surface area contributed by atoms with E-state index in [4.69, 9.17) is 18.9 Å². The van der Waals surface area contributed by atoms with Gasteiger partial charge in [-0.2, -0.15) is 0 Å². The van der Waals surface area contributed by atoms with Gasteiger partial charge in [0.1, 0.15) is 16.7 Å². The molecule has 0 N–H and O–H groups in total. The van der Waals surface area contributed by atoms with Crippen LogP contribution in [0.1, 0.15) is 66.4 Å². The molecule has 232 valence electrons. The van der Waals surface area contributed by atoms with E-state index in [1.54, 1.807) is 47.6 Å². The van der Waals surface area contributed by atoms with Crippen LogP contribution in [0.25, 0.3) is 16.7 Å². The van der Waals surface area contributed by atoms with Crippen LogP contribution in [0.4, 0.5) is 0 Å². The van der Waals surface area contributed by atoms with E-state index in [0.29, 0.717) is 22.5 Å². The SMILES string of the molecule is Cc1ccc(OC(=O)CCCOC(=O)C(C)CC(C(=O)OC(C)C)C(C)C(=O)OC(C)C)c(-n2nc3ccccc3n2)c1. The Labute approximate surface area is 251 Å². The average molecular weight is 596 g/mol. The smallest absolute Gasteiger partial charge is 0.311 e. The van der Waals surface area contributed by atoms with Crippen LogP contribution < -0.4 is 4.74 Å². The van der Waals surface area contributed by atoms with Gasteiger partial charge in [0.15, 0.2) is 5.75 Å². The topological polar surface area (TPSA) is 136 Å². The van der Waals surface area contributed by atoms with E-state index in [-0.39, 0.29) is 38.1 Å². The summed E-state index contributed by atoms with van der Waals surface area (Å²) in [7, 11) is 0. The van der Waals surface area contributed by atoms with Gasteiger partial charge in [-0.3, -0.25) is 19.2 Å².